The molecular weight excluding hydrogens is 415 g/mol. The van der Waals surface area contributed by atoms with Crippen LogP contribution in [0.25, 0.3) is 11.0 Å². The van der Waals surface area contributed by atoms with Crippen molar-refractivity contribution in [1.29, 1.82) is 0 Å². The molecule has 2 aromatic rings. The molecule has 0 aromatic carbocycles. The number of aromatic nitrogens is 2. The van der Waals surface area contributed by atoms with E-state index in [0.717, 1.165) is 29.9 Å². The number of pyridine rings is 2. The maximum absolute atomic E-state index is 4.88. The first-order chi connectivity index (χ1) is 11.6. The monoisotopic (exact) mass is 446 g/mol. The van der Waals surface area contributed by atoms with E-state index in [-0.39, 0.29) is 5.54 Å². The summed E-state index contributed by atoms with van der Waals surface area (Å²) in [5.74, 6) is 1.08. The van der Waals surface area contributed by atoms with Crippen LogP contribution in [0, 0.1) is 0 Å². The first-order valence-electron chi connectivity index (χ1n) is 9.18. The van der Waals surface area contributed by atoms with Crippen molar-refractivity contribution in [1.82, 2.24) is 15.3 Å². The molecule has 0 aliphatic carbocycles. The van der Waals surface area contributed by atoms with Crippen molar-refractivity contribution in [3.05, 3.63) is 24.3 Å². The molecule has 0 amide bonds. The van der Waals surface area contributed by atoms with Crippen LogP contribution < -0.4 is 13.9 Å². The van der Waals surface area contributed by atoms with Crippen molar-refractivity contribution in [3.8, 4) is 0 Å². The fourth-order valence-electron chi connectivity index (χ4n) is 3.33. The zero-order valence-corrected chi connectivity index (χ0v) is 19.2. The molecule has 1 aliphatic heterocycles. The van der Waals surface area contributed by atoms with Crippen LogP contribution in [0.1, 0.15) is 48.0 Å². The van der Waals surface area contributed by atoms with Crippen molar-refractivity contribution in [3.63, 3.8) is 0 Å². The molecule has 1 unspecified atom stereocenters. The van der Waals surface area contributed by atoms with Crippen LogP contribution in [0.15, 0.2) is 24.3 Å². The summed E-state index contributed by atoms with van der Waals surface area (Å²) in [5, 5.41) is 3.71. The van der Waals surface area contributed by atoms with Crippen molar-refractivity contribution in [2.24, 2.45) is 0 Å². The summed E-state index contributed by atoms with van der Waals surface area (Å²) in [6.07, 6.45) is 1.17. The number of anilines is 1. The summed E-state index contributed by atoms with van der Waals surface area (Å²) >= 11 is -0.669. The molecule has 1 aliphatic rings. The fourth-order valence-corrected chi connectivity index (χ4v) is 6.50. The van der Waals surface area contributed by atoms with Crippen LogP contribution in [-0.2, 0) is 0 Å². The molecule has 0 spiro atoms. The molecule has 25 heavy (non-hydrogen) atoms. The van der Waals surface area contributed by atoms with Gasteiger partial charge in [0, 0.05) is 0 Å². The van der Waals surface area contributed by atoms with Crippen molar-refractivity contribution in [2.45, 2.75) is 63.0 Å². The molecule has 134 valence electrons. The Bertz CT molecular complexity index is 745. The first kappa shape index (κ1) is 18.9. The Morgan fingerprint density at radius 3 is 2.36 bits per heavy atom. The second kappa shape index (κ2) is 7.03. The van der Waals surface area contributed by atoms with Crippen LogP contribution in [0.3, 0.4) is 0 Å². The second-order valence-corrected chi connectivity index (χ2v) is 15.6. The number of hydrogen-bond acceptors (Lipinski definition) is 4. The predicted octanol–water partition coefficient (Wildman–Crippen LogP) is 3.14. The van der Waals surface area contributed by atoms with Crippen LogP contribution in [-0.4, -0.2) is 55.8 Å². The van der Waals surface area contributed by atoms with Crippen LogP contribution >= 0.6 is 0 Å². The van der Waals surface area contributed by atoms with Gasteiger partial charge in [-0.25, -0.2) is 0 Å². The van der Waals surface area contributed by atoms with E-state index in [2.05, 4.69) is 76.0 Å². The Labute approximate surface area is 162 Å². The van der Waals surface area contributed by atoms with E-state index >= 15 is 0 Å². The normalized spacial score (nSPS) is 19.0. The molecule has 0 saturated carbocycles. The van der Waals surface area contributed by atoms with E-state index in [1.165, 1.54) is 10.1 Å². The molecule has 1 fully saturated rings. The van der Waals surface area contributed by atoms with Gasteiger partial charge in [-0.1, -0.05) is 0 Å². The minimum atomic E-state index is -0.669. The molecule has 5 heteroatoms. The standard InChI is InChI=1S/C16H21N4.C4H9.Sn/c1-16(2,3)19-12-8-10-20(11-12)15-7-6-13-14(18-15)5-4-9-17-13;1-4(2)3;/h4-7,12,19H,8,10-11H2,1-3H3;1-3H3;. The topological polar surface area (TPSA) is 41.0 Å². The zero-order chi connectivity index (χ0) is 18.2. The van der Waals surface area contributed by atoms with E-state index in [4.69, 9.17) is 9.97 Å². The third-order valence-electron chi connectivity index (χ3n) is 4.18. The van der Waals surface area contributed by atoms with Gasteiger partial charge in [-0.05, 0) is 0 Å². The van der Waals surface area contributed by atoms with E-state index in [1.54, 1.807) is 0 Å². The van der Waals surface area contributed by atoms with E-state index in [9.17, 15) is 0 Å². The molecule has 1 saturated heterocycles. The Balaban J connectivity index is 1.75. The fraction of sp³-hybridized carbons (Fsp3) is 0.600. The second-order valence-electron chi connectivity index (χ2n) is 9.11. The molecule has 0 bridgehead atoms. The quantitative estimate of drug-likeness (QED) is 0.738. The van der Waals surface area contributed by atoms with Crippen LogP contribution in [0.2, 0.25) is 3.43 Å². The van der Waals surface area contributed by atoms with Gasteiger partial charge in [0.2, 0.25) is 0 Å². The van der Waals surface area contributed by atoms with Crippen molar-refractivity contribution >= 4 is 41.7 Å². The zero-order valence-electron chi connectivity index (χ0n) is 16.3. The number of nitrogens with one attached hydrogen (secondary N) is 1. The van der Waals surface area contributed by atoms with Gasteiger partial charge in [0.25, 0.3) is 0 Å². The van der Waals surface area contributed by atoms with Crippen LogP contribution in [0.5, 0.6) is 0 Å². The van der Waals surface area contributed by atoms with Gasteiger partial charge in [-0.15, -0.1) is 0 Å². The Kier molecular flexibility index (Phi) is 5.31. The van der Waals surface area contributed by atoms with Gasteiger partial charge in [0.05, 0.1) is 0 Å². The molecular formula is C20H30N4Sn. The third kappa shape index (κ3) is 5.30. The average Bonchev–Trinajstić information content (AvgIpc) is 2.91. The minimum absolute atomic E-state index is 0.162. The Hall–Kier alpha value is -0.881. The van der Waals surface area contributed by atoms with Crippen molar-refractivity contribution < 1.29 is 0 Å². The molecule has 2 radical (unpaired) electrons. The number of rotatable bonds is 3. The van der Waals surface area contributed by atoms with Gasteiger partial charge in [0.1, 0.15) is 0 Å². The summed E-state index contributed by atoms with van der Waals surface area (Å²) in [5.41, 5.74) is 2.21. The summed E-state index contributed by atoms with van der Waals surface area (Å²) in [6.45, 7) is 15.7. The summed E-state index contributed by atoms with van der Waals surface area (Å²) in [4.78, 5) is 12.1. The van der Waals surface area contributed by atoms with Gasteiger partial charge < -0.3 is 0 Å². The van der Waals surface area contributed by atoms with Gasteiger partial charge in [-0.3, -0.25) is 0 Å². The first-order valence-corrected chi connectivity index (χ1v) is 12.0. The number of hydrogen-bond donors (Lipinski definition) is 1. The SMILES string of the molecule is CC(C)(C)NC1CCN(c2ccc3n[c]([Sn][C](C)(C)C)ccc3n2)C1. The van der Waals surface area contributed by atoms with E-state index < -0.39 is 21.1 Å². The summed E-state index contributed by atoms with van der Waals surface area (Å²) in [6, 6.07) is 9.19. The van der Waals surface area contributed by atoms with Gasteiger partial charge in [0.15, 0.2) is 0 Å². The predicted molar refractivity (Wildman–Crippen MR) is 108 cm³/mol. The number of nitrogens with zero attached hydrogens (tertiary/aromatic N) is 3. The Morgan fingerprint density at radius 1 is 1.00 bits per heavy atom. The maximum atomic E-state index is 4.88. The molecule has 4 nitrogen and oxygen atoms in total. The molecule has 3 heterocycles. The molecule has 1 atom stereocenters. The molecule has 1 N–H and O–H groups in total. The summed E-state index contributed by atoms with van der Waals surface area (Å²) in [7, 11) is 0. The average molecular weight is 445 g/mol. The summed E-state index contributed by atoms with van der Waals surface area (Å²) < 4.78 is 1.73. The number of fused-ring (bicyclic) bond motifs is 1. The van der Waals surface area contributed by atoms with Crippen LogP contribution in [0.4, 0.5) is 5.82 Å². The third-order valence-corrected chi connectivity index (χ3v) is 7.85. The van der Waals surface area contributed by atoms with Gasteiger partial charge >= 0.3 is 162 Å². The molecule has 2 aromatic heterocycles. The van der Waals surface area contributed by atoms with E-state index in [0.29, 0.717) is 9.47 Å². The van der Waals surface area contributed by atoms with E-state index in [1.807, 2.05) is 0 Å². The van der Waals surface area contributed by atoms with Crippen molar-refractivity contribution in [2.75, 3.05) is 18.0 Å². The Morgan fingerprint density at radius 2 is 1.68 bits per heavy atom. The van der Waals surface area contributed by atoms with Gasteiger partial charge in [-0.2, -0.15) is 0 Å². The molecule has 3 rings (SSSR count).